The van der Waals surface area contributed by atoms with E-state index in [9.17, 15) is 9.59 Å². The van der Waals surface area contributed by atoms with Gasteiger partial charge in [-0.15, -0.1) is 5.10 Å². The molecular weight excluding hydrogens is 378 g/mol. The van der Waals surface area contributed by atoms with Crippen molar-refractivity contribution in [3.63, 3.8) is 0 Å². The summed E-state index contributed by atoms with van der Waals surface area (Å²) >= 11 is 0. The van der Waals surface area contributed by atoms with Crippen molar-refractivity contribution in [3.8, 4) is 5.69 Å². The predicted molar refractivity (Wildman–Crippen MR) is 112 cm³/mol. The molecule has 2 aromatic carbocycles. The van der Waals surface area contributed by atoms with Crippen LogP contribution in [-0.4, -0.2) is 26.6 Å². The number of ketones is 2. The molecule has 0 radical (unpaired) electrons. The lowest BCUT2D eigenvalue weighted by atomic mass is 9.86. The number of carbonyl (C=O) groups is 2. The number of hydrogen-bond acceptors (Lipinski definition) is 5. The molecule has 0 aliphatic heterocycles. The number of benzene rings is 2. The molecule has 0 bridgehead atoms. The van der Waals surface area contributed by atoms with Crippen LogP contribution in [0.25, 0.3) is 5.69 Å². The SMILES string of the molecule is CC(C)=CCC1=C(OCc2cn(-c3ccccc3)nn2)C(=O)c2ccccc2C1=O. The summed E-state index contributed by atoms with van der Waals surface area (Å²) in [5.41, 5.74) is 3.65. The fraction of sp³-hybridized carbons (Fsp3) is 0.167. The van der Waals surface area contributed by atoms with E-state index in [4.69, 9.17) is 4.74 Å². The van der Waals surface area contributed by atoms with Crippen LogP contribution in [0.5, 0.6) is 0 Å². The second-order valence-corrected chi connectivity index (χ2v) is 7.28. The Morgan fingerprint density at radius 2 is 1.63 bits per heavy atom. The molecule has 3 aromatic rings. The summed E-state index contributed by atoms with van der Waals surface area (Å²) in [4.78, 5) is 26.1. The Labute approximate surface area is 174 Å². The molecule has 4 rings (SSSR count). The van der Waals surface area contributed by atoms with Gasteiger partial charge in [-0.2, -0.15) is 0 Å². The minimum absolute atomic E-state index is 0.0433. The molecule has 0 spiro atoms. The lowest BCUT2D eigenvalue weighted by Crippen LogP contribution is -2.23. The van der Waals surface area contributed by atoms with E-state index in [2.05, 4.69) is 10.3 Å². The molecule has 30 heavy (non-hydrogen) atoms. The zero-order valence-corrected chi connectivity index (χ0v) is 16.8. The van der Waals surface area contributed by atoms with Gasteiger partial charge in [-0.05, 0) is 32.4 Å². The number of Topliss-reactive ketones (excluding diaryl/α,β-unsaturated/α-hetero) is 2. The normalized spacial score (nSPS) is 13.3. The van der Waals surface area contributed by atoms with Gasteiger partial charge < -0.3 is 4.74 Å². The average molecular weight is 399 g/mol. The summed E-state index contributed by atoms with van der Waals surface area (Å²) in [6, 6.07) is 16.4. The molecule has 0 N–H and O–H groups in total. The van der Waals surface area contributed by atoms with E-state index >= 15 is 0 Å². The fourth-order valence-electron chi connectivity index (χ4n) is 3.27. The molecule has 0 atom stereocenters. The minimum atomic E-state index is -0.280. The Balaban J connectivity index is 1.62. The van der Waals surface area contributed by atoms with Crippen molar-refractivity contribution in [2.24, 2.45) is 0 Å². The van der Waals surface area contributed by atoms with E-state index in [1.807, 2.05) is 50.3 Å². The molecule has 6 nitrogen and oxygen atoms in total. The quantitative estimate of drug-likeness (QED) is 0.572. The van der Waals surface area contributed by atoms with Gasteiger partial charge in [0.25, 0.3) is 0 Å². The van der Waals surface area contributed by atoms with Crippen LogP contribution in [0.3, 0.4) is 0 Å². The van der Waals surface area contributed by atoms with Crippen LogP contribution >= 0.6 is 0 Å². The van der Waals surface area contributed by atoms with Gasteiger partial charge in [-0.25, -0.2) is 4.68 Å². The number of para-hydroxylation sites is 1. The molecule has 0 unspecified atom stereocenters. The first-order valence-corrected chi connectivity index (χ1v) is 9.69. The lowest BCUT2D eigenvalue weighted by molar-refractivity contribution is 0.0854. The van der Waals surface area contributed by atoms with Crippen LogP contribution < -0.4 is 0 Å². The molecule has 0 saturated heterocycles. The fourth-order valence-corrected chi connectivity index (χ4v) is 3.27. The van der Waals surface area contributed by atoms with Crippen molar-refractivity contribution in [2.45, 2.75) is 26.9 Å². The van der Waals surface area contributed by atoms with Gasteiger partial charge in [0.05, 0.1) is 17.5 Å². The zero-order valence-electron chi connectivity index (χ0n) is 16.8. The van der Waals surface area contributed by atoms with Crippen molar-refractivity contribution in [3.05, 3.63) is 101 Å². The largest absolute Gasteiger partial charge is 0.483 e. The molecule has 0 saturated carbocycles. The smallest absolute Gasteiger partial charge is 0.228 e. The summed E-state index contributed by atoms with van der Waals surface area (Å²) in [6.07, 6.45) is 4.01. The van der Waals surface area contributed by atoms with E-state index in [1.54, 1.807) is 35.1 Å². The van der Waals surface area contributed by atoms with E-state index in [1.165, 1.54) is 0 Å². The Morgan fingerprint density at radius 3 is 2.33 bits per heavy atom. The first kappa shape index (κ1) is 19.5. The maximum atomic E-state index is 13.1. The lowest BCUT2D eigenvalue weighted by Gasteiger charge is -2.20. The standard InChI is InChI=1S/C24H21N3O3/c1-16(2)12-13-21-22(28)19-10-6-7-11-20(19)23(29)24(21)30-15-17-14-27(26-25-17)18-8-4-3-5-9-18/h3-12,14H,13,15H2,1-2H3. The summed E-state index contributed by atoms with van der Waals surface area (Å²) in [5, 5.41) is 8.23. The predicted octanol–water partition coefficient (Wildman–Crippen LogP) is 4.47. The molecule has 6 heteroatoms. The third-order valence-electron chi connectivity index (χ3n) is 4.81. The molecule has 0 amide bonds. The molecule has 1 aliphatic rings. The monoisotopic (exact) mass is 399 g/mol. The second-order valence-electron chi connectivity index (χ2n) is 7.28. The number of aromatic nitrogens is 3. The Kier molecular flexibility index (Phi) is 5.39. The summed E-state index contributed by atoms with van der Waals surface area (Å²) in [6.45, 7) is 3.94. The van der Waals surface area contributed by atoms with Gasteiger partial charge in [-0.3, -0.25) is 9.59 Å². The molecule has 1 aromatic heterocycles. The number of allylic oxidation sites excluding steroid dienone is 4. The van der Waals surface area contributed by atoms with Crippen molar-refractivity contribution >= 4 is 11.6 Å². The second kappa shape index (κ2) is 8.29. The molecular formula is C24H21N3O3. The van der Waals surface area contributed by atoms with Gasteiger partial charge in [0.1, 0.15) is 12.3 Å². The van der Waals surface area contributed by atoms with Crippen LogP contribution in [-0.2, 0) is 11.3 Å². The molecule has 0 fully saturated rings. The van der Waals surface area contributed by atoms with Crippen LogP contribution in [0.1, 0.15) is 46.7 Å². The summed E-state index contributed by atoms with van der Waals surface area (Å²) in [7, 11) is 0. The van der Waals surface area contributed by atoms with Crippen LogP contribution in [0.15, 0.2) is 83.8 Å². The highest BCUT2D eigenvalue weighted by molar-refractivity contribution is 6.26. The summed E-state index contributed by atoms with van der Waals surface area (Å²) in [5.74, 6) is -0.367. The number of ether oxygens (including phenoxy) is 1. The molecule has 1 aliphatic carbocycles. The molecule has 1 heterocycles. The number of rotatable bonds is 6. The number of carbonyl (C=O) groups excluding carboxylic acids is 2. The van der Waals surface area contributed by atoms with Crippen LogP contribution in [0, 0.1) is 0 Å². The Hall–Kier alpha value is -3.80. The first-order valence-electron chi connectivity index (χ1n) is 9.69. The number of hydrogen-bond donors (Lipinski definition) is 0. The maximum Gasteiger partial charge on any atom is 0.228 e. The van der Waals surface area contributed by atoms with Crippen molar-refractivity contribution in [1.82, 2.24) is 15.0 Å². The third-order valence-corrected chi connectivity index (χ3v) is 4.81. The highest BCUT2D eigenvalue weighted by Crippen LogP contribution is 2.30. The van der Waals surface area contributed by atoms with Crippen LogP contribution in [0.2, 0.25) is 0 Å². The van der Waals surface area contributed by atoms with E-state index < -0.39 is 0 Å². The number of nitrogens with zero attached hydrogens (tertiary/aromatic N) is 3. The van der Waals surface area contributed by atoms with Crippen molar-refractivity contribution < 1.29 is 14.3 Å². The van der Waals surface area contributed by atoms with Gasteiger partial charge in [0, 0.05) is 11.1 Å². The topological polar surface area (TPSA) is 74.1 Å². The highest BCUT2D eigenvalue weighted by Gasteiger charge is 2.32. The maximum absolute atomic E-state index is 13.1. The van der Waals surface area contributed by atoms with E-state index in [0.29, 0.717) is 28.8 Å². The zero-order chi connectivity index (χ0) is 21.1. The minimum Gasteiger partial charge on any atom is -0.483 e. The summed E-state index contributed by atoms with van der Waals surface area (Å²) < 4.78 is 7.51. The van der Waals surface area contributed by atoms with Crippen LogP contribution in [0.4, 0.5) is 0 Å². The Bertz CT molecular complexity index is 1170. The average Bonchev–Trinajstić information content (AvgIpc) is 3.24. The van der Waals surface area contributed by atoms with Crippen molar-refractivity contribution in [1.29, 1.82) is 0 Å². The van der Waals surface area contributed by atoms with Crippen molar-refractivity contribution in [2.75, 3.05) is 0 Å². The highest BCUT2D eigenvalue weighted by atomic mass is 16.5. The third kappa shape index (κ3) is 3.85. The first-order chi connectivity index (χ1) is 14.5. The Morgan fingerprint density at radius 1 is 0.967 bits per heavy atom. The van der Waals surface area contributed by atoms with Gasteiger partial charge >= 0.3 is 0 Å². The van der Waals surface area contributed by atoms with Gasteiger partial charge in [-0.1, -0.05) is 59.3 Å². The van der Waals surface area contributed by atoms with Gasteiger partial charge in [0.15, 0.2) is 11.5 Å². The molecule has 150 valence electrons. The van der Waals surface area contributed by atoms with E-state index in [0.717, 1.165) is 11.3 Å². The van der Waals surface area contributed by atoms with E-state index in [-0.39, 0.29) is 23.9 Å². The van der Waals surface area contributed by atoms with Gasteiger partial charge in [0.2, 0.25) is 5.78 Å². The number of fused-ring (bicyclic) bond motifs is 1.